The van der Waals surface area contributed by atoms with E-state index >= 15 is 0 Å². The Balaban J connectivity index is 1.62. The molecule has 1 atom stereocenters. The predicted octanol–water partition coefficient (Wildman–Crippen LogP) is 6.53. The Kier molecular flexibility index (Phi) is 7.42. The Morgan fingerprint density at radius 3 is 2.13 bits per heavy atom. The molecule has 1 aromatic heterocycles. The van der Waals surface area contributed by atoms with Gasteiger partial charge in [-0.3, -0.25) is 4.90 Å². The van der Waals surface area contributed by atoms with Crippen LogP contribution < -0.4 is 0 Å². The van der Waals surface area contributed by atoms with Gasteiger partial charge in [0.25, 0.3) is 0 Å². The number of benzene rings is 3. The van der Waals surface area contributed by atoms with Gasteiger partial charge >= 0.3 is 0 Å². The number of imidazole rings is 1. The Labute approximate surface area is 193 Å². The van der Waals surface area contributed by atoms with Gasteiger partial charge in [0.05, 0.1) is 6.04 Å². The number of hydrogen-bond acceptors (Lipinski definition) is 2. The van der Waals surface area contributed by atoms with Gasteiger partial charge in [-0.05, 0) is 23.3 Å². The van der Waals surface area contributed by atoms with Gasteiger partial charge in [-0.2, -0.15) is 0 Å². The number of halogens is 2. The van der Waals surface area contributed by atoms with Crippen LogP contribution in [0.15, 0.2) is 97.3 Å². The van der Waals surface area contributed by atoms with Crippen LogP contribution in [0.1, 0.15) is 17.2 Å². The van der Waals surface area contributed by atoms with E-state index in [1.165, 1.54) is 11.1 Å². The second kappa shape index (κ2) is 10.6. The van der Waals surface area contributed by atoms with Crippen LogP contribution in [-0.4, -0.2) is 33.4 Å². The lowest BCUT2D eigenvalue weighted by atomic mass is 9.97. The van der Waals surface area contributed by atoms with Gasteiger partial charge in [0.15, 0.2) is 0 Å². The van der Waals surface area contributed by atoms with E-state index in [0.717, 1.165) is 36.0 Å². The van der Waals surface area contributed by atoms with Crippen LogP contribution in [-0.2, 0) is 6.54 Å². The van der Waals surface area contributed by atoms with E-state index in [9.17, 15) is 0 Å². The normalized spacial score (nSPS) is 12.2. The van der Waals surface area contributed by atoms with Crippen LogP contribution in [0.2, 0.25) is 5.02 Å². The molecule has 0 bridgehead atoms. The molecule has 0 saturated carbocycles. The summed E-state index contributed by atoms with van der Waals surface area (Å²) in [5.74, 6) is 1.54. The molecule has 31 heavy (non-hydrogen) atoms. The van der Waals surface area contributed by atoms with Gasteiger partial charge in [0, 0.05) is 48.5 Å². The van der Waals surface area contributed by atoms with Gasteiger partial charge in [-0.1, -0.05) is 84.4 Å². The Hall–Kier alpha value is -2.59. The van der Waals surface area contributed by atoms with Crippen molar-refractivity contribution in [2.45, 2.75) is 12.6 Å². The molecule has 0 radical (unpaired) electrons. The molecule has 5 heteroatoms. The molecule has 0 aliphatic heterocycles. The van der Waals surface area contributed by atoms with Crippen molar-refractivity contribution in [1.29, 1.82) is 0 Å². The number of nitrogens with zero attached hydrogens (tertiary/aromatic N) is 3. The van der Waals surface area contributed by atoms with Crippen LogP contribution in [0, 0.1) is 0 Å². The molecule has 0 aliphatic carbocycles. The van der Waals surface area contributed by atoms with Crippen LogP contribution >= 0.6 is 23.2 Å². The quantitative estimate of drug-likeness (QED) is 0.270. The van der Waals surface area contributed by atoms with Crippen molar-refractivity contribution in [2.75, 3.05) is 19.0 Å². The third kappa shape index (κ3) is 5.37. The number of hydrogen-bond donors (Lipinski definition) is 0. The van der Waals surface area contributed by atoms with Gasteiger partial charge in [-0.15, -0.1) is 11.6 Å². The standard InChI is InChI=1S/C26H25Cl2N3/c27-15-17-30(19-20-31-18-16-29-26(31)23-9-5-2-6-10-23)25(21-7-3-1-4-8-21)22-11-13-24(28)14-12-22/h1-14,16,18,25H,15,17,19-20H2. The second-order valence-electron chi connectivity index (χ2n) is 7.40. The zero-order chi connectivity index (χ0) is 21.5. The van der Waals surface area contributed by atoms with Crippen molar-refractivity contribution >= 4 is 23.2 Å². The first kappa shape index (κ1) is 21.6. The first-order valence-electron chi connectivity index (χ1n) is 10.4. The van der Waals surface area contributed by atoms with E-state index in [0.29, 0.717) is 5.88 Å². The zero-order valence-electron chi connectivity index (χ0n) is 17.2. The number of aromatic nitrogens is 2. The molecule has 158 valence electrons. The topological polar surface area (TPSA) is 21.1 Å². The average molecular weight is 450 g/mol. The van der Waals surface area contributed by atoms with Crippen molar-refractivity contribution < 1.29 is 0 Å². The maximum absolute atomic E-state index is 6.25. The van der Waals surface area contributed by atoms with E-state index in [4.69, 9.17) is 23.2 Å². The summed E-state index contributed by atoms with van der Waals surface area (Å²) in [6.07, 6.45) is 3.91. The highest BCUT2D eigenvalue weighted by molar-refractivity contribution is 6.30. The Bertz CT molecular complexity index is 1060. The predicted molar refractivity (Wildman–Crippen MR) is 130 cm³/mol. The molecule has 3 aromatic carbocycles. The molecular weight excluding hydrogens is 425 g/mol. The first-order valence-corrected chi connectivity index (χ1v) is 11.3. The second-order valence-corrected chi connectivity index (χ2v) is 8.21. The average Bonchev–Trinajstić information content (AvgIpc) is 3.29. The summed E-state index contributed by atoms with van der Waals surface area (Å²) in [5.41, 5.74) is 3.56. The largest absolute Gasteiger partial charge is 0.330 e. The van der Waals surface area contributed by atoms with Crippen molar-refractivity contribution in [3.8, 4) is 11.4 Å². The summed E-state index contributed by atoms with van der Waals surface area (Å²) in [6.45, 7) is 2.43. The summed E-state index contributed by atoms with van der Waals surface area (Å²) in [4.78, 5) is 7.02. The summed E-state index contributed by atoms with van der Waals surface area (Å²) in [6, 6.07) is 29.1. The highest BCUT2D eigenvalue weighted by Crippen LogP contribution is 2.30. The molecule has 1 unspecified atom stereocenters. The molecule has 0 spiro atoms. The summed E-state index contributed by atoms with van der Waals surface area (Å²) >= 11 is 12.4. The molecule has 0 fully saturated rings. The summed E-state index contributed by atoms with van der Waals surface area (Å²) < 4.78 is 2.21. The van der Waals surface area contributed by atoms with Gasteiger partial charge < -0.3 is 4.57 Å². The van der Waals surface area contributed by atoms with Crippen LogP contribution in [0.5, 0.6) is 0 Å². The summed E-state index contributed by atoms with van der Waals surface area (Å²) in [5, 5.41) is 0.741. The number of rotatable bonds is 9. The van der Waals surface area contributed by atoms with Crippen LogP contribution in [0.3, 0.4) is 0 Å². The third-order valence-corrected chi connectivity index (χ3v) is 5.83. The Morgan fingerprint density at radius 2 is 1.45 bits per heavy atom. The lowest BCUT2D eigenvalue weighted by Crippen LogP contribution is -2.34. The fraction of sp³-hybridized carbons (Fsp3) is 0.192. The molecule has 0 amide bonds. The van der Waals surface area contributed by atoms with Crippen molar-refractivity contribution in [3.05, 3.63) is 113 Å². The van der Waals surface area contributed by atoms with Crippen molar-refractivity contribution in [1.82, 2.24) is 14.5 Å². The molecule has 0 saturated heterocycles. The minimum absolute atomic E-state index is 0.0981. The molecule has 4 aromatic rings. The van der Waals surface area contributed by atoms with E-state index < -0.39 is 0 Å². The summed E-state index contributed by atoms with van der Waals surface area (Å²) in [7, 11) is 0. The molecular formula is C26H25Cl2N3. The van der Waals surface area contributed by atoms with E-state index in [1.54, 1.807) is 0 Å². The monoisotopic (exact) mass is 449 g/mol. The Morgan fingerprint density at radius 1 is 0.806 bits per heavy atom. The van der Waals surface area contributed by atoms with E-state index in [2.05, 4.69) is 63.0 Å². The highest BCUT2D eigenvalue weighted by atomic mass is 35.5. The molecule has 1 heterocycles. The fourth-order valence-corrected chi connectivity index (χ4v) is 4.29. The van der Waals surface area contributed by atoms with Gasteiger partial charge in [-0.25, -0.2) is 4.98 Å². The smallest absolute Gasteiger partial charge is 0.139 e. The van der Waals surface area contributed by atoms with E-state index in [1.807, 2.05) is 48.8 Å². The van der Waals surface area contributed by atoms with E-state index in [-0.39, 0.29) is 6.04 Å². The lowest BCUT2D eigenvalue weighted by molar-refractivity contribution is 0.230. The van der Waals surface area contributed by atoms with Gasteiger partial charge in [0.2, 0.25) is 0 Å². The molecule has 3 nitrogen and oxygen atoms in total. The number of alkyl halides is 1. The SMILES string of the molecule is ClCCN(CCn1ccnc1-c1ccccc1)C(c1ccccc1)c1ccc(Cl)cc1. The van der Waals surface area contributed by atoms with Gasteiger partial charge in [0.1, 0.15) is 5.82 Å². The maximum Gasteiger partial charge on any atom is 0.139 e. The molecule has 0 N–H and O–H groups in total. The highest BCUT2D eigenvalue weighted by Gasteiger charge is 2.22. The van der Waals surface area contributed by atoms with Crippen LogP contribution in [0.4, 0.5) is 0 Å². The maximum atomic E-state index is 6.25. The zero-order valence-corrected chi connectivity index (χ0v) is 18.8. The first-order chi connectivity index (χ1) is 15.3. The fourth-order valence-electron chi connectivity index (χ4n) is 3.95. The minimum Gasteiger partial charge on any atom is -0.330 e. The third-order valence-electron chi connectivity index (χ3n) is 5.41. The van der Waals surface area contributed by atoms with Crippen LogP contribution in [0.25, 0.3) is 11.4 Å². The van der Waals surface area contributed by atoms with Crippen molar-refractivity contribution in [3.63, 3.8) is 0 Å². The lowest BCUT2D eigenvalue weighted by Gasteiger charge is -2.32. The van der Waals surface area contributed by atoms with Crippen molar-refractivity contribution in [2.24, 2.45) is 0 Å². The minimum atomic E-state index is 0.0981. The molecule has 0 aliphatic rings. The molecule has 4 rings (SSSR count).